The van der Waals surface area contributed by atoms with Crippen LogP contribution in [-0.4, -0.2) is 36.2 Å². The predicted octanol–water partition coefficient (Wildman–Crippen LogP) is 4.00. The standard InChI is InChI=1S/C26H19FN2O5/c27-22-14-16(25(31)32)11-12-23(22)29-24(30)10-5-13-28-26(33)34-15-21-19-8-3-1-6-17(19)18-7-2-4-9-20(18)21/h1-4,6-9,11-12,14,21H,13,15H2,(H,28,33)(H,29,30)(H,31,32). The topological polar surface area (TPSA) is 105 Å². The van der Waals surface area contributed by atoms with Crippen molar-refractivity contribution in [2.75, 3.05) is 18.5 Å². The Morgan fingerprint density at radius 1 is 0.971 bits per heavy atom. The SMILES string of the molecule is O=C(C#CCNC(=O)OCC1c2ccccc2-c2ccccc21)Nc1ccc(C(=O)O)cc1F. The molecular formula is C26H19FN2O5. The van der Waals surface area contributed by atoms with Crippen LogP contribution in [0.3, 0.4) is 0 Å². The Bertz CT molecular complexity index is 1300. The number of benzene rings is 3. The first kappa shape index (κ1) is 22.6. The number of carboxylic acid groups (broad SMARTS) is 1. The molecule has 0 radical (unpaired) electrons. The molecular weight excluding hydrogens is 439 g/mol. The molecule has 0 saturated carbocycles. The average molecular weight is 458 g/mol. The summed E-state index contributed by atoms with van der Waals surface area (Å²) in [6, 6.07) is 19.1. The van der Waals surface area contributed by atoms with E-state index in [0.29, 0.717) is 0 Å². The number of halogens is 1. The van der Waals surface area contributed by atoms with Gasteiger partial charge in [0.05, 0.1) is 17.8 Å². The molecule has 170 valence electrons. The number of anilines is 1. The van der Waals surface area contributed by atoms with Crippen LogP contribution in [0.4, 0.5) is 14.9 Å². The van der Waals surface area contributed by atoms with Crippen LogP contribution < -0.4 is 10.6 Å². The summed E-state index contributed by atoms with van der Waals surface area (Å²) in [7, 11) is 0. The Morgan fingerprint density at radius 2 is 1.62 bits per heavy atom. The summed E-state index contributed by atoms with van der Waals surface area (Å²) in [5, 5.41) is 13.5. The van der Waals surface area contributed by atoms with E-state index in [1.165, 1.54) is 0 Å². The van der Waals surface area contributed by atoms with Gasteiger partial charge in [0.15, 0.2) is 0 Å². The molecule has 3 aromatic carbocycles. The maximum atomic E-state index is 13.9. The fourth-order valence-corrected chi connectivity index (χ4v) is 3.79. The molecule has 3 aromatic rings. The van der Waals surface area contributed by atoms with Gasteiger partial charge in [0.25, 0.3) is 5.91 Å². The van der Waals surface area contributed by atoms with Crippen molar-refractivity contribution in [3.8, 4) is 23.0 Å². The van der Waals surface area contributed by atoms with Crippen LogP contribution in [-0.2, 0) is 9.53 Å². The molecule has 1 aliphatic rings. The molecule has 7 nitrogen and oxygen atoms in total. The van der Waals surface area contributed by atoms with Gasteiger partial charge in [0.1, 0.15) is 12.4 Å². The second-order valence-electron chi connectivity index (χ2n) is 7.43. The Kier molecular flexibility index (Phi) is 6.55. The van der Waals surface area contributed by atoms with E-state index in [1.807, 2.05) is 48.5 Å². The van der Waals surface area contributed by atoms with Crippen molar-refractivity contribution in [1.82, 2.24) is 5.32 Å². The van der Waals surface area contributed by atoms with E-state index in [0.717, 1.165) is 40.5 Å². The van der Waals surface area contributed by atoms with Crippen LogP contribution in [0.5, 0.6) is 0 Å². The highest BCUT2D eigenvalue weighted by Gasteiger charge is 2.28. The highest BCUT2D eigenvalue weighted by Crippen LogP contribution is 2.44. The summed E-state index contributed by atoms with van der Waals surface area (Å²) in [4.78, 5) is 34.8. The van der Waals surface area contributed by atoms with Crippen LogP contribution in [0.25, 0.3) is 11.1 Å². The van der Waals surface area contributed by atoms with Crippen LogP contribution >= 0.6 is 0 Å². The van der Waals surface area contributed by atoms with Crippen LogP contribution in [0.15, 0.2) is 66.7 Å². The average Bonchev–Trinajstić information content (AvgIpc) is 3.15. The first-order chi connectivity index (χ1) is 16.4. The van der Waals surface area contributed by atoms with Gasteiger partial charge in [-0.05, 0) is 46.4 Å². The fourth-order valence-electron chi connectivity index (χ4n) is 3.79. The van der Waals surface area contributed by atoms with Gasteiger partial charge in [0.2, 0.25) is 0 Å². The van der Waals surface area contributed by atoms with E-state index in [1.54, 1.807) is 0 Å². The second kappa shape index (κ2) is 9.88. The van der Waals surface area contributed by atoms with E-state index in [4.69, 9.17) is 9.84 Å². The first-order valence-corrected chi connectivity index (χ1v) is 10.4. The smallest absolute Gasteiger partial charge is 0.407 e. The van der Waals surface area contributed by atoms with Gasteiger partial charge < -0.3 is 20.5 Å². The molecule has 0 fully saturated rings. The number of carbonyl (C=O) groups is 3. The van der Waals surface area contributed by atoms with Crippen molar-refractivity contribution in [2.24, 2.45) is 0 Å². The Morgan fingerprint density at radius 3 is 2.24 bits per heavy atom. The molecule has 0 spiro atoms. The molecule has 2 amide bonds. The molecule has 0 aromatic heterocycles. The van der Waals surface area contributed by atoms with Gasteiger partial charge in [-0.15, -0.1) is 0 Å². The molecule has 0 heterocycles. The summed E-state index contributed by atoms with van der Waals surface area (Å²) < 4.78 is 19.2. The van der Waals surface area contributed by atoms with Crippen molar-refractivity contribution in [2.45, 2.75) is 5.92 Å². The van der Waals surface area contributed by atoms with Crippen molar-refractivity contribution >= 4 is 23.7 Å². The number of hydrogen-bond acceptors (Lipinski definition) is 4. The quantitative estimate of drug-likeness (QED) is 0.502. The van der Waals surface area contributed by atoms with Crippen LogP contribution in [0, 0.1) is 17.7 Å². The number of ether oxygens (including phenoxy) is 1. The molecule has 8 heteroatoms. The second-order valence-corrected chi connectivity index (χ2v) is 7.43. The van der Waals surface area contributed by atoms with Crippen molar-refractivity contribution < 1.29 is 28.6 Å². The molecule has 0 saturated heterocycles. The normalized spacial score (nSPS) is 11.4. The van der Waals surface area contributed by atoms with E-state index in [9.17, 15) is 18.8 Å². The maximum absolute atomic E-state index is 13.9. The first-order valence-electron chi connectivity index (χ1n) is 10.4. The number of aromatic carboxylic acids is 1. The molecule has 0 aliphatic heterocycles. The number of nitrogens with one attached hydrogen (secondary N) is 2. The minimum Gasteiger partial charge on any atom is -0.478 e. The number of carboxylic acids is 1. The number of fused-ring (bicyclic) bond motifs is 3. The third-order valence-electron chi connectivity index (χ3n) is 5.33. The van der Waals surface area contributed by atoms with E-state index < -0.39 is 23.8 Å². The highest BCUT2D eigenvalue weighted by atomic mass is 19.1. The van der Waals surface area contributed by atoms with Gasteiger partial charge >= 0.3 is 12.1 Å². The molecule has 4 rings (SSSR count). The lowest BCUT2D eigenvalue weighted by molar-refractivity contribution is -0.111. The highest BCUT2D eigenvalue weighted by molar-refractivity contribution is 6.04. The minimum absolute atomic E-state index is 0.0718. The zero-order valence-electron chi connectivity index (χ0n) is 17.8. The van der Waals surface area contributed by atoms with Crippen molar-refractivity contribution in [1.29, 1.82) is 0 Å². The van der Waals surface area contributed by atoms with Gasteiger partial charge in [-0.3, -0.25) is 4.79 Å². The van der Waals surface area contributed by atoms with Gasteiger partial charge in [0, 0.05) is 5.92 Å². The zero-order valence-corrected chi connectivity index (χ0v) is 17.8. The number of rotatable bonds is 5. The molecule has 0 atom stereocenters. The lowest BCUT2D eigenvalue weighted by Gasteiger charge is -2.14. The van der Waals surface area contributed by atoms with Gasteiger partial charge in [-0.25, -0.2) is 14.0 Å². The van der Waals surface area contributed by atoms with Crippen LogP contribution in [0.2, 0.25) is 0 Å². The van der Waals surface area contributed by atoms with Crippen molar-refractivity contribution in [3.05, 3.63) is 89.2 Å². The summed E-state index contributed by atoms with van der Waals surface area (Å²) in [5.74, 6) is 1.62. The number of carbonyl (C=O) groups excluding carboxylic acids is 2. The third kappa shape index (κ3) is 4.89. The van der Waals surface area contributed by atoms with Crippen molar-refractivity contribution in [3.63, 3.8) is 0 Å². The van der Waals surface area contributed by atoms with Gasteiger partial charge in [-0.2, -0.15) is 0 Å². The third-order valence-corrected chi connectivity index (χ3v) is 5.33. The summed E-state index contributed by atoms with van der Waals surface area (Å²) in [6.07, 6.45) is -0.674. The van der Waals surface area contributed by atoms with E-state index in [-0.39, 0.29) is 30.3 Å². The van der Waals surface area contributed by atoms with E-state index in [2.05, 4.69) is 22.5 Å². The number of alkyl carbamates (subject to hydrolysis) is 1. The summed E-state index contributed by atoms with van der Waals surface area (Å²) in [6.45, 7) is 0.00389. The van der Waals surface area contributed by atoms with Crippen LogP contribution in [0.1, 0.15) is 27.4 Å². The number of amides is 2. The Hall–Kier alpha value is -4.64. The molecule has 0 unspecified atom stereocenters. The number of hydrogen-bond donors (Lipinski definition) is 3. The lowest BCUT2D eigenvalue weighted by atomic mass is 9.98. The monoisotopic (exact) mass is 458 g/mol. The fraction of sp³-hybridized carbons (Fsp3) is 0.115. The largest absolute Gasteiger partial charge is 0.478 e. The van der Waals surface area contributed by atoms with Gasteiger partial charge in [-0.1, -0.05) is 54.5 Å². The lowest BCUT2D eigenvalue weighted by Crippen LogP contribution is -2.26. The molecule has 3 N–H and O–H groups in total. The Labute approximate surface area is 194 Å². The molecule has 34 heavy (non-hydrogen) atoms. The zero-order chi connectivity index (χ0) is 24.1. The maximum Gasteiger partial charge on any atom is 0.407 e. The molecule has 0 bridgehead atoms. The predicted molar refractivity (Wildman–Crippen MR) is 123 cm³/mol. The van der Waals surface area contributed by atoms with E-state index >= 15 is 0 Å². The minimum atomic E-state index is -1.28. The molecule has 1 aliphatic carbocycles. The Balaban J connectivity index is 1.27. The summed E-state index contributed by atoms with van der Waals surface area (Å²) >= 11 is 0. The summed E-state index contributed by atoms with van der Waals surface area (Å²) in [5.41, 5.74) is 3.99.